The molecule has 1 fully saturated rings. The van der Waals surface area contributed by atoms with Crippen molar-refractivity contribution in [3.8, 4) is 11.3 Å². The number of aromatic nitrogens is 1. The average Bonchev–Trinajstić information content (AvgIpc) is 2.68. The van der Waals surface area contributed by atoms with E-state index in [-0.39, 0.29) is 18.3 Å². The van der Waals surface area contributed by atoms with Gasteiger partial charge in [-0.15, -0.1) is 0 Å². The molecule has 1 aromatic heterocycles. The highest BCUT2D eigenvalue weighted by molar-refractivity contribution is 6.62. The van der Waals surface area contributed by atoms with E-state index in [0.29, 0.717) is 0 Å². The van der Waals surface area contributed by atoms with Gasteiger partial charge in [0.05, 0.1) is 16.9 Å². The standard InChI is InChI=1S/C18H22BNO2/c1-13-7-6-8-14(11-13)16-10-9-15(12-20-16)19-21-17(2,3)18(4,5)22-19/h6-12H,1-5H3. The SMILES string of the molecule is Cc1cccc(-c2ccc(B3OC(C)(C)C(C)(C)O3)cn2)c1. The largest absolute Gasteiger partial charge is 0.496 e. The molecule has 3 rings (SSSR count). The van der Waals surface area contributed by atoms with Crippen molar-refractivity contribution in [2.24, 2.45) is 0 Å². The van der Waals surface area contributed by atoms with E-state index in [1.54, 1.807) is 0 Å². The summed E-state index contributed by atoms with van der Waals surface area (Å²) < 4.78 is 12.1. The van der Waals surface area contributed by atoms with Crippen LogP contribution in [0.3, 0.4) is 0 Å². The summed E-state index contributed by atoms with van der Waals surface area (Å²) in [6.07, 6.45) is 1.85. The van der Waals surface area contributed by atoms with Gasteiger partial charge in [-0.25, -0.2) is 0 Å². The van der Waals surface area contributed by atoms with E-state index in [4.69, 9.17) is 9.31 Å². The maximum absolute atomic E-state index is 6.05. The Bertz CT molecular complexity index is 664. The van der Waals surface area contributed by atoms with Crippen molar-refractivity contribution in [3.63, 3.8) is 0 Å². The number of benzene rings is 1. The smallest absolute Gasteiger partial charge is 0.399 e. The average molecular weight is 295 g/mol. The van der Waals surface area contributed by atoms with Crippen molar-refractivity contribution < 1.29 is 9.31 Å². The number of pyridine rings is 1. The molecule has 0 radical (unpaired) electrons. The second-order valence-corrected chi connectivity index (χ2v) is 6.93. The van der Waals surface area contributed by atoms with Crippen LogP contribution < -0.4 is 5.46 Å². The zero-order chi connectivity index (χ0) is 16.0. The fraction of sp³-hybridized carbons (Fsp3) is 0.389. The van der Waals surface area contributed by atoms with Gasteiger partial charge in [-0.1, -0.05) is 29.8 Å². The van der Waals surface area contributed by atoms with E-state index in [0.717, 1.165) is 16.7 Å². The molecule has 0 atom stereocenters. The number of hydrogen-bond donors (Lipinski definition) is 0. The molecule has 1 aliphatic rings. The summed E-state index contributed by atoms with van der Waals surface area (Å²) in [5.41, 5.74) is 3.62. The molecule has 0 aliphatic carbocycles. The van der Waals surface area contributed by atoms with Crippen molar-refractivity contribution in [2.75, 3.05) is 0 Å². The predicted octanol–water partition coefficient (Wildman–Crippen LogP) is 3.36. The van der Waals surface area contributed by atoms with Crippen LogP contribution >= 0.6 is 0 Å². The number of nitrogens with zero attached hydrogens (tertiary/aromatic N) is 1. The molecule has 22 heavy (non-hydrogen) atoms. The molecule has 0 spiro atoms. The van der Waals surface area contributed by atoms with Gasteiger partial charge in [0.2, 0.25) is 0 Å². The third-order valence-corrected chi connectivity index (χ3v) is 4.63. The van der Waals surface area contributed by atoms with Crippen LogP contribution in [-0.2, 0) is 9.31 Å². The summed E-state index contributed by atoms with van der Waals surface area (Å²) in [5.74, 6) is 0. The van der Waals surface area contributed by atoms with Crippen molar-refractivity contribution in [1.82, 2.24) is 4.98 Å². The van der Waals surface area contributed by atoms with Crippen molar-refractivity contribution in [3.05, 3.63) is 48.2 Å². The minimum absolute atomic E-state index is 0.327. The Morgan fingerprint density at radius 1 is 0.955 bits per heavy atom. The Morgan fingerprint density at radius 3 is 2.18 bits per heavy atom. The molecule has 1 aliphatic heterocycles. The molecule has 3 nitrogen and oxygen atoms in total. The predicted molar refractivity (Wildman–Crippen MR) is 90.1 cm³/mol. The minimum atomic E-state index is -0.357. The zero-order valence-electron chi connectivity index (χ0n) is 13.9. The molecule has 4 heteroatoms. The highest BCUT2D eigenvalue weighted by Gasteiger charge is 2.51. The Morgan fingerprint density at radius 2 is 1.64 bits per heavy atom. The zero-order valence-corrected chi connectivity index (χ0v) is 13.9. The third kappa shape index (κ3) is 2.69. The van der Waals surface area contributed by atoms with Crippen LogP contribution in [0.1, 0.15) is 33.3 Å². The highest BCUT2D eigenvalue weighted by atomic mass is 16.7. The van der Waals surface area contributed by atoms with Gasteiger partial charge in [0.1, 0.15) is 0 Å². The summed E-state index contributed by atoms with van der Waals surface area (Å²) in [7, 11) is -0.357. The lowest BCUT2D eigenvalue weighted by atomic mass is 9.80. The first-order chi connectivity index (χ1) is 10.3. The fourth-order valence-electron chi connectivity index (χ4n) is 2.50. The van der Waals surface area contributed by atoms with Crippen molar-refractivity contribution >= 4 is 12.6 Å². The lowest BCUT2D eigenvalue weighted by molar-refractivity contribution is 0.00578. The third-order valence-electron chi connectivity index (χ3n) is 4.63. The van der Waals surface area contributed by atoms with Crippen LogP contribution in [0.25, 0.3) is 11.3 Å². The summed E-state index contributed by atoms with van der Waals surface area (Å²) in [5, 5.41) is 0. The Labute approximate surface area is 132 Å². The van der Waals surface area contributed by atoms with Crippen molar-refractivity contribution in [1.29, 1.82) is 0 Å². The summed E-state index contributed by atoms with van der Waals surface area (Å²) in [4.78, 5) is 4.57. The second kappa shape index (κ2) is 5.22. The van der Waals surface area contributed by atoms with E-state index in [2.05, 4.69) is 63.9 Å². The highest BCUT2D eigenvalue weighted by Crippen LogP contribution is 2.36. The lowest BCUT2D eigenvalue weighted by Gasteiger charge is -2.32. The topological polar surface area (TPSA) is 31.4 Å². The molecule has 114 valence electrons. The number of rotatable bonds is 2. The molecule has 0 saturated carbocycles. The summed E-state index contributed by atoms with van der Waals surface area (Å²) >= 11 is 0. The van der Waals surface area contributed by atoms with E-state index < -0.39 is 0 Å². The quantitative estimate of drug-likeness (QED) is 0.796. The van der Waals surface area contributed by atoms with Gasteiger partial charge in [0.25, 0.3) is 0 Å². The van der Waals surface area contributed by atoms with Crippen LogP contribution in [0.15, 0.2) is 42.6 Å². The first-order valence-electron chi connectivity index (χ1n) is 7.67. The van der Waals surface area contributed by atoms with Gasteiger partial charge >= 0.3 is 7.12 Å². The molecule has 2 aromatic rings. The summed E-state index contributed by atoms with van der Waals surface area (Å²) in [6.45, 7) is 10.3. The van der Waals surface area contributed by atoms with E-state index >= 15 is 0 Å². The lowest BCUT2D eigenvalue weighted by Crippen LogP contribution is -2.41. The van der Waals surface area contributed by atoms with Gasteiger partial charge < -0.3 is 9.31 Å². The van der Waals surface area contributed by atoms with Crippen LogP contribution in [0.5, 0.6) is 0 Å². The van der Waals surface area contributed by atoms with Gasteiger partial charge in [-0.2, -0.15) is 0 Å². The van der Waals surface area contributed by atoms with E-state index in [1.807, 2.05) is 18.3 Å². The molecule has 1 saturated heterocycles. The maximum Gasteiger partial charge on any atom is 0.496 e. The first-order valence-corrected chi connectivity index (χ1v) is 7.67. The molecular formula is C18H22BNO2. The fourth-order valence-corrected chi connectivity index (χ4v) is 2.50. The Balaban J connectivity index is 1.84. The molecule has 0 unspecified atom stereocenters. The monoisotopic (exact) mass is 295 g/mol. The summed E-state index contributed by atoms with van der Waals surface area (Å²) in [6, 6.07) is 12.4. The first kappa shape index (κ1) is 15.3. The Hall–Kier alpha value is -1.65. The molecular weight excluding hydrogens is 273 g/mol. The molecule has 0 amide bonds. The van der Waals surface area contributed by atoms with Gasteiger partial charge in [-0.05, 0) is 46.8 Å². The van der Waals surface area contributed by atoms with E-state index in [1.165, 1.54) is 5.56 Å². The molecule has 1 aromatic carbocycles. The van der Waals surface area contributed by atoms with E-state index in [9.17, 15) is 0 Å². The van der Waals surface area contributed by atoms with Gasteiger partial charge in [0, 0.05) is 17.2 Å². The molecule has 0 N–H and O–H groups in total. The molecule has 0 bridgehead atoms. The normalized spacial score (nSPS) is 19.4. The van der Waals surface area contributed by atoms with Gasteiger partial charge in [-0.3, -0.25) is 4.98 Å². The van der Waals surface area contributed by atoms with Crippen LogP contribution in [0.4, 0.5) is 0 Å². The second-order valence-electron chi connectivity index (χ2n) is 6.93. The maximum atomic E-state index is 6.05. The Kier molecular flexibility index (Phi) is 3.62. The van der Waals surface area contributed by atoms with Crippen molar-refractivity contribution in [2.45, 2.75) is 45.8 Å². The van der Waals surface area contributed by atoms with Crippen LogP contribution in [0.2, 0.25) is 0 Å². The van der Waals surface area contributed by atoms with Crippen LogP contribution in [0, 0.1) is 6.92 Å². The van der Waals surface area contributed by atoms with Crippen LogP contribution in [-0.4, -0.2) is 23.3 Å². The number of hydrogen-bond acceptors (Lipinski definition) is 3. The minimum Gasteiger partial charge on any atom is -0.399 e. The number of aryl methyl sites for hydroxylation is 1. The van der Waals surface area contributed by atoms with Gasteiger partial charge in [0.15, 0.2) is 0 Å². The molecule has 2 heterocycles.